The Kier molecular flexibility index (Phi) is 1.72. The van der Waals surface area contributed by atoms with Gasteiger partial charge in [0.05, 0.1) is 0 Å². The zero-order valence-corrected chi connectivity index (χ0v) is 6.46. The maximum atomic E-state index is 8.93. The summed E-state index contributed by atoms with van der Waals surface area (Å²) >= 11 is 2.87. The maximum Gasteiger partial charge on any atom is 0.175 e. The van der Waals surface area contributed by atoms with Crippen molar-refractivity contribution in [2.75, 3.05) is 0 Å². The van der Waals surface area contributed by atoms with Gasteiger partial charge in [-0.2, -0.15) is 0 Å². The molecule has 1 aromatic carbocycles. The highest BCUT2D eigenvalue weighted by molar-refractivity contribution is 9.10. The molecule has 0 amide bonds. The summed E-state index contributed by atoms with van der Waals surface area (Å²) in [6, 6.07) is 2.48. The van der Waals surface area contributed by atoms with E-state index in [1.807, 2.05) is 0 Å². The highest BCUT2D eigenvalue weighted by atomic mass is 79.9. The minimum Gasteiger partial charge on any atom is -0.507 e. The number of halogens is 1. The van der Waals surface area contributed by atoms with Gasteiger partial charge in [-0.3, -0.25) is 0 Å². The van der Waals surface area contributed by atoms with Crippen molar-refractivity contribution in [1.82, 2.24) is 0 Å². The lowest BCUT2D eigenvalue weighted by molar-refractivity contribution is 0.393. The predicted octanol–water partition coefficient (Wildman–Crippen LogP) is 1.57. The zero-order chi connectivity index (χ0) is 7.72. The first-order chi connectivity index (χ1) is 4.63. The summed E-state index contributed by atoms with van der Waals surface area (Å²) in [5.41, 5.74) is 0. The number of benzene rings is 1. The molecule has 0 aromatic heterocycles. The van der Waals surface area contributed by atoms with E-state index in [0.717, 1.165) is 0 Å². The Labute approximate surface area is 65.7 Å². The summed E-state index contributed by atoms with van der Waals surface area (Å²) in [5.74, 6) is -0.708. The van der Waals surface area contributed by atoms with Crippen LogP contribution in [0.2, 0.25) is 0 Å². The molecule has 3 N–H and O–H groups in total. The number of hydrogen-bond acceptors (Lipinski definition) is 3. The first-order valence-corrected chi connectivity index (χ1v) is 3.31. The van der Waals surface area contributed by atoms with Crippen molar-refractivity contribution in [2.45, 2.75) is 0 Å². The number of phenolic OH excluding ortho intramolecular Hbond substituents is 3. The van der Waals surface area contributed by atoms with Gasteiger partial charge in [-0.05, 0) is 28.1 Å². The predicted molar refractivity (Wildman–Crippen MR) is 39.1 cm³/mol. The summed E-state index contributed by atoms with van der Waals surface area (Å²) in [6.45, 7) is 0. The summed E-state index contributed by atoms with van der Waals surface area (Å²) in [6.07, 6.45) is 0. The van der Waals surface area contributed by atoms with Crippen LogP contribution in [0, 0.1) is 0 Å². The van der Waals surface area contributed by atoms with Crippen molar-refractivity contribution in [2.24, 2.45) is 0 Å². The third kappa shape index (κ3) is 1.02. The van der Waals surface area contributed by atoms with Gasteiger partial charge in [0, 0.05) is 0 Å². The molecule has 0 bridgehead atoms. The van der Waals surface area contributed by atoms with E-state index in [1.54, 1.807) is 0 Å². The molecular weight excluding hydrogens is 200 g/mol. The molecule has 0 heterocycles. The third-order valence-corrected chi connectivity index (χ3v) is 1.86. The van der Waals surface area contributed by atoms with Crippen molar-refractivity contribution in [3.8, 4) is 17.2 Å². The summed E-state index contributed by atoms with van der Waals surface area (Å²) in [5, 5.41) is 26.7. The first kappa shape index (κ1) is 7.21. The van der Waals surface area contributed by atoms with Crippen LogP contribution in [0.5, 0.6) is 17.2 Å². The topological polar surface area (TPSA) is 60.7 Å². The summed E-state index contributed by atoms with van der Waals surface area (Å²) in [7, 11) is 0. The largest absolute Gasteiger partial charge is 0.507 e. The van der Waals surface area contributed by atoms with Crippen molar-refractivity contribution in [1.29, 1.82) is 0 Å². The molecule has 0 radical (unpaired) electrons. The van der Waals surface area contributed by atoms with Gasteiger partial charge in [-0.1, -0.05) is 0 Å². The van der Waals surface area contributed by atoms with Crippen molar-refractivity contribution < 1.29 is 15.3 Å². The smallest absolute Gasteiger partial charge is 0.175 e. The van der Waals surface area contributed by atoms with Gasteiger partial charge in [-0.25, -0.2) is 0 Å². The van der Waals surface area contributed by atoms with E-state index in [4.69, 9.17) is 15.3 Å². The van der Waals surface area contributed by atoms with E-state index < -0.39 is 0 Å². The van der Waals surface area contributed by atoms with Crippen LogP contribution in [0.4, 0.5) is 0 Å². The molecule has 0 aliphatic heterocycles. The van der Waals surface area contributed by atoms with E-state index in [-0.39, 0.29) is 21.7 Å². The van der Waals surface area contributed by atoms with E-state index in [1.165, 1.54) is 12.1 Å². The normalized spacial score (nSPS) is 9.70. The van der Waals surface area contributed by atoms with E-state index in [9.17, 15) is 0 Å². The van der Waals surface area contributed by atoms with Crippen LogP contribution >= 0.6 is 15.9 Å². The highest BCUT2D eigenvalue weighted by Crippen LogP contribution is 2.38. The molecular formula is C6H5BrO3. The molecule has 4 heteroatoms. The number of hydrogen-bond donors (Lipinski definition) is 3. The molecule has 54 valence electrons. The number of aromatic hydroxyl groups is 3. The van der Waals surface area contributed by atoms with Crippen molar-refractivity contribution in [3.63, 3.8) is 0 Å². The van der Waals surface area contributed by atoms with E-state index in [2.05, 4.69) is 15.9 Å². The Morgan fingerprint density at radius 1 is 1.00 bits per heavy atom. The maximum absolute atomic E-state index is 8.93. The molecule has 0 aliphatic rings. The van der Waals surface area contributed by atoms with Gasteiger partial charge in [0.2, 0.25) is 0 Å². The fraction of sp³-hybridized carbons (Fsp3) is 0. The van der Waals surface area contributed by atoms with Crippen LogP contribution in [0.3, 0.4) is 0 Å². The number of rotatable bonds is 0. The lowest BCUT2D eigenvalue weighted by Gasteiger charge is -2.00. The zero-order valence-electron chi connectivity index (χ0n) is 4.87. The van der Waals surface area contributed by atoms with E-state index in [0.29, 0.717) is 0 Å². The third-order valence-electron chi connectivity index (χ3n) is 1.07. The van der Waals surface area contributed by atoms with Crippen LogP contribution in [0.15, 0.2) is 16.6 Å². The molecule has 10 heavy (non-hydrogen) atoms. The Bertz CT molecular complexity index is 232. The fourth-order valence-electron chi connectivity index (χ4n) is 0.544. The number of phenols is 3. The monoisotopic (exact) mass is 204 g/mol. The Morgan fingerprint density at radius 2 is 1.50 bits per heavy atom. The van der Waals surface area contributed by atoms with Gasteiger partial charge >= 0.3 is 0 Å². The van der Waals surface area contributed by atoms with Crippen LogP contribution in [-0.2, 0) is 0 Å². The highest BCUT2D eigenvalue weighted by Gasteiger charge is 2.07. The minimum atomic E-state index is -0.347. The molecule has 1 rings (SSSR count). The van der Waals surface area contributed by atoms with Gasteiger partial charge in [-0.15, -0.1) is 0 Å². The molecule has 0 saturated heterocycles. The second-order valence-electron chi connectivity index (χ2n) is 1.77. The van der Waals surface area contributed by atoms with Crippen LogP contribution < -0.4 is 0 Å². The lowest BCUT2D eigenvalue weighted by atomic mass is 10.3. The average molecular weight is 205 g/mol. The molecule has 3 nitrogen and oxygen atoms in total. The standard InChI is InChI=1S/C6H5BrO3/c7-5-3(8)1-2-4(9)6(5)10/h1-2,8-10H. The van der Waals surface area contributed by atoms with Gasteiger partial charge < -0.3 is 15.3 Å². The minimum absolute atomic E-state index is 0.102. The molecule has 0 fully saturated rings. The molecule has 0 unspecified atom stereocenters. The lowest BCUT2D eigenvalue weighted by Crippen LogP contribution is -1.71. The molecule has 1 aromatic rings. The second kappa shape index (κ2) is 2.38. The van der Waals surface area contributed by atoms with Gasteiger partial charge in [0.25, 0.3) is 0 Å². The molecule has 0 saturated carbocycles. The summed E-state index contributed by atoms with van der Waals surface area (Å²) < 4.78 is 0.104. The molecule has 0 aliphatic carbocycles. The second-order valence-corrected chi connectivity index (χ2v) is 2.56. The van der Waals surface area contributed by atoms with Gasteiger partial charge in [0.15, 0.2) is 11.5 Å². The first-order valence-electron chi connectivity index (χ1n) is 2.52. The molecule has 0 spiro atoms. The Morgan fingerprint density at radius 3 is 2.00 bits per heavy atom. The van der Waals surface area contributed by atoms with E-state index >= 15 is 0 Å². The van der Waals surface area contributed by atoms with Crippen LogP contribution in [0.1, 0.15) is 0 Å². The van der Waals surface area contributed by atoms with Gasteiger partial charge in [0.1, 0.15) is 10.2 Å². The van der Waals surface area contributed by atoms with Crippen LogP contribution in [-0.4, -0.2) is 15.3 Å². The Hall–Kier alpha value is -0.900. The van der Waals surface area contributed by atoms with Crippen LogP contribution in [0.25, 0.3) is 0 Å². The average Bonchev–Trinajstić information content (AvgIpc) is 1.93. The SMILES string of the molecule is Oc1ccc(O)c(Br)c1O. The van der Waals surface area contributed by atoms with Crippen molar-refractivity contribution >= 4 is 15.9 Å². The quantitative estimate of drug-likeness (QED) is 0.445. The Balaban J connectivity index is 3.34. The fourth-order valence-corrected chi connectivity index (χ4v) is 0.879. The summed E-state index contributed by atoms with van der Waals surface area (Å²) in [4.78, 5) is 0. The van der Waals surface area contributed by atoms with Crippen molar-refractivity contribution in [3.05, 3.63) is 16.6 Å². The molecule has 0 atom stereocenters.